The molecule has 0 fully saturated rings. The number of rotatable bonds is 14. The lowest BCUT2D eigenvalue weighted by Gasteiger charge is -2.32. The fourth-order valence-electron chi connectivity index (χ4n) is 3.96. The molecule has 2 aromatic rings. The van der Waals surface area contributed by atoms with E-state index in [0.29, 0.717) is 25.0 Å². The van der Waals surface area contributed by atoms with Gasteiger partial charge < -0.3 is 20.3 Å². The number of aliphatic hydroxyl groups is 1. The van der Waals surface area contributed by atoms with Crippen molar-refractivity contribution in [1.82, 2.24) is 10.0 Å². The van der Waals surface area contributed by atoms with Gasteiger partial charge in [-0.1, -0.05) is 43.7 Å². The largest absolute Gasteiger partial charge is 0.497 e. The van der Waals surface area contributed by atoms with Crippen molar-refractivity contribution >= 4 is 16.1 Å². The molecule has 190 valence electrons. The van der Waals surface area contributed by atoms with Gasteiger partial charge in [-0.3, -0.25) is 0 Å². The predicted octanol–water partition coefficient (Wildman–Crippen LogP) is 3.30. The summed E-state index contributed by atoms with van der Waals surface area (Å²) in [4.78, 5) is 11.5. The van der Waals surface area contributed by atoms with E-state index in [1.54, 1.807) is 12.1 Å². The zero-order valence-electron chi connectivity index (χ0n) is 19.9. The molecule has 4 N–H and O–H groups in total. The van der Waals surface area contributed by atoms with Gasteiger partial charge in [0.25, 0.3) is 0 Å². The molecule has 10 heteroatoms. The van der Waals surface area contributed by atoms with Gasteiger partial charge in [0.1, 0.15) is 5.75 Å². The molecule has 1 amide bonds. The third-order valence-electron chi connectivity index (χ3n) is 5.94. The Morgan fingerprint density at radius 1 is 1.11 bits per heavy atom. The van der Waals surface area contributed by atoms with Gasteiger partial charge in [0.15, 0.2) is 0 Å². The first-order valence-electron chi connectivity index (χ1n) is 11.4. The van der Waals surface area contributed by atoms with Crippen LogP contribution in [0, 0.1) is 17.2 Å². The van der Waals surface area contributed by atoms with E-state index in [0.717, 1.165) is 5.56 Å². The topological polar surface area (TPSA) is 149 Å². The highest BCUT2D eigenvalue weighted by molar-refractivity contribution is 7.89. The summed E-state index contributed by atoms with van der Waals surface area (Å²) in [6.45, 7) is 1.93. The molecule has 2 unspecified atom stereocenters. The summed E-state index contributed by atoms with van der Waals surface area (Å²) in [7, 11) is -2.57. The van der Waals surface area contributed by atoms with E-state index in [9.17, 15) is 23.4 Å². The van der Waals surface area contributed by atoms with Crippen LogP contribution in [0.5, 0.6) is 5.75 Å². The maximum Gasteiger partial charge on any atom is 0.404 e. The summed E-state index contributed by atoms with van der Waals surface area (Å²) in [5, 5.41) is 32.0. The molecule has 2 aromatic carbocycles. The van der Waals surface area contributed by atoms with E-state index < -0.39 is 34.3 Å². The number of methoxy groups -OCH3 is 1. The molecule has 0 saturated heterocycles. The summed E-state index contributed by atoms with van der Waals surface area (Å²) in [5.74, 6) is 0.451. The molecule has 0 aromatic heterocycles. The van der Waals surface area contributed by atoms with Gasteiger partial charge in [-0.15, -0.1) is 0 Å². The van der Waals surface area contributed by atoms with Crippen LogP contribution in [0.1, 0.15) is 38.2 Å². The van der Waals surface area contributed by atoms with E-state index >= 15 is 0 Å². The van der Waals surface area contributed by atoms with Crippen molar-refractivity contribution in [3.63, 3.8) is 0 Å². The van der Waals surface area contributed by atoms with Crippen LogP contribution in [0.2, 0.25) is 0 Å². The molecule has 35 heavy (non-hydrogen) atoms. The molecular formula is C25H33N3O6S. The van der Waals surface area contributed by atoms with Crippen LogP contribution in [-0.2, 0) is 16.4 Å². The van der Waals surface area contributed by atoms with Crippen LogP contribution in [0.25, 0.3) is 0 Å². The van der Waals surface area contributed by atoms with E-state index in [2.05, 4.69) is 16.1 Å². The van der Waals surface area contributed by atoms with Gasteiger partial charge in [-0.25, -0.2) is 17.9 Å². The standard InChI is InChI=1S/C25H33N3O6S/c1-3-18(10-7-15-26)16-23(28-35(32,33)21-13-11-20(34-2)12-14-21)24(29)22(27-25(30)31)17-19-8-5-4-6-9-19/h4-6,8-9,11-14,18,22-24,27-29H,3,7,10,16-17H2,1-2H3,(H,30,31)/t18?,22-,23?,24+/m0/s1. The molecule has 0 radical (unpaired) electrons. The second kappa shape index (κ2) is 13.7. The number of nitrogens with zero attached hydrogens (tertiary/aromatic N) is 1. The molecular weight excluding hydrogens is 470 g/mol. The van der Waals surface area contributed by atoms with Crippen LogP contribution in [0.3, 0.4) is 0 Å². The highest BCUT2D eigenvalue weighted by atomic mass is 32.2. The summed E-state index contributed by atoms with van der Waals surface area (Å²) in [6.07, 6.45) is -0.770. The Morgan fingerprint density at radius 2 is 1.77 bits per heavy atom. The minimum Gasteiger partial charge on any atom is -0.497 e. The van der Waals surface area contributed by atoms with Gasteiger partial charge in [-0.05, 0) is 55.0 Å². The summed E-state index contributed by atoms with van der Waals surface area (Å²) >= 11 is 0. The maximum absolute atomic E-state index is 13.2. The Hall–Kier alpha value is -3.13. The van der Waals surface area contributed by atoms with Gasteiger partial charge in [0, 0.05) is 6.42 Å². The Bertz CT molecular complexity index is 1070. The van der Waals surface area contributed by atoms with Gasteiger partial charge >= 0.3 is 6.09 Å². The fraction of sp³-hybridized carbons (Fsp3) is 0.440. The van der Waals surface area contributed by atoms with E-state index in [1.807, 2.05) is 25.1 Å². The van der Waals surface area contributed by atoms with Crippen molar-refractivity contribution in [2.24, 2.45) is 5.92 Å². The SMILES string of the molecule is CCC(CCC#N)CC(NS(=O)(=O)c1ccc(OC)cc1)[C@H](O)[C@H](Cc1ccccc1)NC(=O)O. The average Bonchev–Trinajstić information content (AvgIpc) is 2.85. The smallest absolute Gasteiger partial charge is 0.404 e. The predicted molar refractivity (Wildman–Crippen MR) is 131 cm³/mol. The van der Waals surface area contributed by atoms with Crippen LogP contribution < -0.4 is 14.8 Å². The number of ether oxygens (including phenoxy) is 1. The summed E-state index contributed by atoms with van der Waals surface area (Å²) in [6, 6.07) is 15.0. The Morgan fingerprint density at radius 3 is 2.31 bits per heavy atom. The molecule has 0 aliphatic heterocycles. The minimum absolute atomic E-state index is 0.00798. The van der Waals surface area contributed by atoms with Crippen molar-refractivity contribution < 1.29 is 28.2 Å². The quantitative estimate of drug-likeness (QED) is 0.309. The summed E-state index contributed by atoms with van der Waals surface area (Å²) < 4.78 is 34.0. The molecule has 9 nitrogen and oxygen atoms in total. The zero-order chi connectivity index (χ0) is 25.8. The number of nitriles is 1. The number of aliphatic hydroxyl groups excluding tert-OH is 1. The second-order valence-electron chi connectivity index (χ2n) is 8.35. The van der Waals surface area contributed by atoms with Gasteiger partial charge in [0.2, 0.25) is 10.0 Å². The maximum atomic E-state index is 13.2. The molecule has 0 spiro atoms. The van der Waals surface area contributed by atoms with E-state index in [1.165, 1.54) is 31.4 Å². The number of carboxylic acid groups (broad SMARTS) is 1. The number of benzene rings is 2. The highest BCUT2D eigenvalue weighted by Crippen LogP contribution is 2.23. The molecule has 0 heterocycles. The lowest BCUT2D eigenvalue weighted by Crippen LogP contribution is -2.55. The number of hydrogen-bond acceptors (Lipinski definition) is 6. The van der Waals surface area contributed by atoms with Crippen LogP contribution >= 0.6 is 0 Å². The number of nitrogens with one attached hydrogen (secondary N) is 2. The second-order valence-corrected chi connectivity index (χ2v) is 10.1. The fourth-order valence-corrected chi connectivity index (χ4v) is 5.22. The number of carbonyl (C=O) groups is 1. The van der Waals surface area contributed by atoms with Crippen molar-refractivity contribution in [2.45, 2.75) is 62.1 Å². The Balaban J connectivity index is 2.37. The molecule has 0 saturated carbocycles. The molecule has 0 bridgehead atoms. The van der Waals surface area contributed by atoms with Crippen molar-refractivity contribution in [3.05, 3.63) is 60.2 Å². The normalized spacial score (nSPS) is 14.8. The highest BCUT2D eigenvalue weighted by Gasteiger charge is 2.34. The first-order chi connectivity index (χ1) is 16.7. The lowest BCUT2D eigenvalue weighted by molar-refractivity contribution is 0.0814. The number of hydrogen-bond donors (Lipinski definition) is 4. The molecule has 0 aliphatic carbocycles. The number of amides is 1. The molecule has 0 aliphatic rings. The van der Waals surface area contributed by atoms with Crippen molar-refractivity contribution in [2.75, 3.05) is 7.11 Å². The van der Waals surface area contributed by atoms with Gasteiger partial charge in [0.05, 0.1) is 36.3 Å². The van der Waals surface area contributed by atoms with Crippen LogP contribution in [-0.4, -0.2) is 50.0 Å². The first kappa shape index (κ1) is 28.1. The van der Waals surface area contributed by atoms with E-state index in [-0.39, 0.29) is 23.7 Å². The van der Waals surface area contributed by atoms with Crippen LogP contribution in [0.15, 0.2) is 59.5 Å². The van der Waals surface area contributed by atoms with E-state index in [4.69, 9.17) is 10.00 Å². The van der Waals surface area contributed by atoms with Crippen LogP contribution in [0.4, 0.5) is 4.79 Å². The third kappa shape index (κ3) is 8.87. The van der Waals surface area contributed by atoms with Gasteiger partial charge in [-0.2, -0.15) is 5.26 Å². The minimum atomic E-state index is -4.04. The summed E-state index contributed by atoms with van der Waals surface area (Å²) in [5.41, 5.74) is 0.790. The average molecular weight is 504 g/mol. The lowest BCUT2D eigenvalue weighted by atomic mass is 9.87. The number of sulfonamides is 1. The Labute approximate surface area is 206 Å². The molecule has 4 atom stereocenters. The first-order valence-corrected chi connectivity index (χ1v) is 12.9. The zero-order valence-corrected chi connectivity index (χ0v) is 20.7. The third-order valence-corrected chi connectivity index (χ3v) is 7.44. The van der Waals surface area contributed by atoms with Crippen molar-refractivity contribution in [1.29, 1.82) is 5.26 Å². The molecule has 2 rings (SSSR count). The Kier molecular flexibility index (Phi) is 11.0. The van der Waals surface area contributed by atoms with Crippen molar-refractivity contribution in [3.8, 4) is 11.8 Å². The monoisotopic (exact) mass is 503 g/mol.